The molecule has 0 aliphatic heterocycles. The molecule has 0 fully saturated rings. The van der Waals surface area contributed by atoms with E-state index >= 15 is 0 Å². The second-order valence-electron chi connectivity index (χ2n) is 4.20. The first-order chi connectivity index (χ1) is 7.39. The average molecular weight is 240 g/mol. The van der Waals surface area contributed by atoms with Crippen LogP contribution < -0.4 is 5.32 Å². The summed E-state index contributed by atoms with van der Waals surface area (Å²) in [7, 11) is 0. The van der Waals surface area contributed by atoms with Gasteiger partial charge in [0.1, 0.15) is 0 Å². The summed E-state index contributed by atoms with van der Waals surface area (Å²) in [6.45, 7) is 8.34. The van der Waals surface area contributed by atoms with Crippen LogP contribution in [-0.4, -0.2) is 43.8 Å². The summed E-state index contributed by atoms with van der Waals surface area (Å²) in [6.07, 6.45) is -3.00. The van der Waals surface area contributed by atoms with Crippen LogP contribution in [0.5, 0.6) is 0 Å². The molecule has 0 aliphatic carbocycles. The molecule has 0 aromatic carbocycles. The van der Waals surface area contributed by atoms with Crippen molar-refractivity contribution < 1.29 is 13.2 Å². The second-order valence-corrected chi connectivity index (χ2v) is 4.20. The van der Waals surface area contributed by atoms with Crippen molar-refractivity contribution in [2.45, 2.75) is 33.4 Å². The first-order valence-electron chi connectivity index (χ1n) is 5.88. The Labute approximate surface area is 96.2 Å². The van der Waals surface area contributed by atoms with E-state index in [1.54, 1.807) is 0 Å². The molecular formula is C11H23F3N2. The summed E-state index contributed by atoms with van der Waals surface area (Å²) in [5, 5.41) is 2.41. The summed E-state index contributed by atoms with van der Waals surface area (Å²) < 4.78 is 35.6. The van der Waals surface area contributed by atoms with Crippen LogP contribution in [0.3, 0.4) is 0 Å². The maximum absolute atomic E-state index is 11.9. The minimum absolute atomic E-state index is 0.393. The Hall–Kier alpha value is -0.290. The van der Waals surface area contributed by atoms with Gasteiger partial charge in [0.05, 0.1) is 6.54 Å². The quantitative estimate of drug-likeness (QED) is 0.656. The first-order valence-corrected chi connectivity index (χ1v) is 5.88. The van der Waals surface area contributed by atoms with Crippen molar-refractivity contribution in [3.05, 3.63) is 0 Å². The fourth-order valence-corrected chi connectivity index (χ4v) is 1.42. The topological polar surface area (TPSA) is 15.3 Å². The lowest BCUT2D eigenvalue weighted by atomic mass is 10.1. The standard InChI is InChI=1S/C11H23F3N2/c1-4-10(3)8-16(5-2)7-6-15-9-11(12,13)14/h10,15H,4-9H2,1-3H3. The van der Waals surface area contributed by atoms with E-state index in [1.807, 2.05) is 6.92 Å². The number of hydrogen-bond acceptors (Lipinski definition) is 2. The second kappa shape index (κ2) is 7.90. The molecule has 0 radical (unpaired) electrons. The van der Waals surface area contributed by atoms with Gasteiger partial charge in [-0.25, -0.2) is 0 Å². The lowest BCUT2D eigenvalue weighted by Gasteiger charge is -2.23. The van der Waals surface area contributed by atoms with Crippen LogP contribution in [0.2, 0.25) is 0 Å². The van der Waals surface area contributed by atoms with Crippen molar-refractivity contribution >= 4 is 0 Å². The molecule has 0 spiro atoms. The molecule has 16 heavy (non-hydrogen) atoms. The van der Waals surface area contributed by atoms with E-state index in [1.165, 1.54) is 0 Å². The number of rotatable bonds is 8. The molecule has 1 atom stereocenters. The van der Waals surface area contributed by atoms with Gasteiger partial charge in [-0.1, -0.05) is 27.2 Å². The van der Waals surface area contributed by atoms with Crippen LogP contribution in [0.25, 0.3) is 0 Å². The third-order valence-electron chi connectivity index (χ3n) is 2.64. The third kappa shape index (κ3) is 8.97. The number of nitrogens with one attached hydrogen (secondary N) is 1. The van der Waals surface area contributed by atoms with Crippen LogP contribution >= 0.6 is 0 Å². The third-order valence-corrected chi connectivity index (χ3v) is 2.64. The molecule has 0 heterocycles. The first kappa shape index (κ1) is 15.7. The minimum Gasteiger partial charge on any atom is -0.307 e. The van der Waals surface area contributed by atoms with E-state index in [4.69, 9.17) is 0 Å². The normalized spacial score (nSPS) is 14.4. The van der Waals surface area contributed by atoms with E-state index < -0.39 is 12.7 Å². The predicted molar refractivity (Wildman–Crippen MR) is 60.5 cm³/mol. The summed E-state index contributed by atoms with van der Waals surface area (Å²) >= 11 is 0. The van der Waals surface area contributed by atoms with Crippen molar-refractivity contribution in [2.75, 3.05) is 32.7 Å². The van der Waals surface area contributed by atoms with Crippen LogP contribution in [-0.2, 0) is 0 Å². The number of nitrogens with zero attached hydrogens (tertiary/aromatic N) is 1. The van der Waals surface area contributed by atoms with Gasteiger partial charge in [0.15, 0.2) is 0 Å². The molecule has 0 rings (SSSR count). The molecule has 0 saturated carbocycles. The van der Waals surface area contributed by atoms with Crippen molar-refractivity contribution in [2.24, 2.45) is 5.92 Å². The van der Waals surface area contributed by atoms with Crippen LogP contribution in [0.15, 0.2) is 0 Å². The van der Waals surface area contributed by atoms with E-state index in [0.29, 0.717) is 19.0 Å². The molecule has 1 N–H and O–H groups in total. The Balaban J connectivity index is 3.63. The molecule has 0 bridgehead atoms. The summed E-state index contributed by atoms with van der Waals surface area (Å²) in [5.74, 6) is 0.600. The Morgan fingerprint density at radius 2 is 1.88 bits per heavy atom. The lowest BCUT2D eigenvalue weighted by Crippen LogP contribution is -2.38. The highest BCUT2D eigenvalue weighted by Crippen LogP contribution is 2.11. The van der Waals surface area contributed by atoms with Crippen LogP contribution in [0.4, 0.5) is 13.2 Å². The number of alkyl halides is 3. The van der Waals surface area contributed by atoms with Gasteiger partial charge in [-0.05, 0) is 12.5 Å². The Bertz CT molecular complexity index is 171. The van der Waals surface area contributed by atoms with Gasteiger partial charge in [-0.2, -0.15) is 13.2 Å². The highest BCUT2D eigenvalue weighted by molar-refractivity contribution is 4.63. The molecule has 0 amide bonds. The Morgan fingerprint density at radius 1 is 1.25 bits per heavy atom. The molecule has 2 nitrogen and oxygen atoms in total. The van der Waals surface area contributed by atoms with Gasteiger partial charge in [-0.15, -0.1) is 0 Å². The van der Waals surface area contributed by atoms with Gasteiger partial charge < -0.3 is 10.2 Å². The van der Waals surface area contributed by atoms with Gasteiger partial charge in [-0.3, -0.25) is 0 Å². The molecule has 1 unspecified atom stereocenters. The van der Waals surface area contributed by atoms with Gasteiger partial charge in [0.25, 0.3) is 0 Å². The van der Waals surface area contributed by atoms with Gasteiger partial charge >= 0.3 is 6.18 Å². The van der Waals surface area contributed by atoms with E-state index in [9.17, 15) is 13.2 Å². The zero-order chi connectivity index (χ0) is 12.6. The average Bonchev–Trinajstić information content (AvgIpc) is 2.20. The summed E-state index contributed by atoms with van der Waals surface area (Å²) in [6, 6.07) is 0. The molecule has 5 heteroatoms. The van der Waals surface area contributed by atoms with Gasteiger partial charge in [0, 0.05) is 19.6 Å². The fourth-order valence-electron chi connectivity index (χ4n) is 1.42. The Morgan fingerprint density at radius 3 is 2.31 bits per heavy atom. The van der Waals surface area contributed by atoms with Crippen molar-refractivity contribution in [1.82, 2.24) is 10.2 Å². The molecule has 0 saturated heterocycles. The smallest absolute Gasteiger partial charge is 0.307 e. The number of hydrogen-bond donors (Lipinski definition) is 1. The summed E-state index contributed by atoms with van der Waals surface area (Å²) in [5.41, 5.74) is 0. The van der Waals surface area contributed by atoms with Crippen molar-refractivity contribution in [3.63, 3.8) is 0 Å². The predicted octanol–water partition coefficient (Wildman–Crippen LogP) is 2.51. The summed E-state index contributed by atoms with van der Waals surface area (Å²) in [4.78, 5) is 2.18. The van der Waals surface area contributed by atoms with Crippen LogP contribution in [0, 0.1) is 5.92 Å². The highest BCUT2D eigenvalue weighted by atomic mass is 19.4. The molecule has 0 aromatic heterocycles. The van der Waals surface area contributed by atoms with Gasteiger partial charge in [0.2, 0.25) is 0 Å². The van der Waals surface area contributed by atoms with E-state index in [0.717, 1.165) is 19.5 Å². The fraction of sp³-hybridized carbons (Fsp3) is 1.00. The largest absolute Gasteiger partial charge is 0.401 e. The molecule has 0 aromatic rings. The van der Waals surface area contributed by atoms with Crippen molar-refractivity contribution in [3.8, 4) is 0 Å². The zero-order valence-corrected chi connectivity index (χ0v) is 10.4. The lowest BCUT2D eigenvalue weighted by molar-refractivity contribution is -0.124. The number of likely N-dealkylation sites (N-methyl/N-ethyl adjacent to an activating group) is 1. The maximum Gasteiger partial charge on any atom is 0.401 e. The molecule has 98 valence electrons. The van der Waals surface area contributed by atoms with E-state index in [2.05, 4.69) is 24.1 Å². The number of halogens is 3. The Kier molecular flexibility index (Phi) is 7.76. The molecule has 0 aliphatic rings. The molecular weight excluding hydrogens is 217 g/mol. The maximum atomic E-state index is 11.9. The van der Waals surface area contributed by atoms with Crippen molar-refractivity contribution in [1.29, 1.82) is 0 Å². The van der Waals surface area contributed by atoms with Crippen LogP contribution in [0.1, 0.15) is 27.2 Å². The highest BCUT2D eigenvalue weighted by Gasteiger charge is 2.26. The SMILES string of the molecule is CCC(C)CN(CC)CCNCC(F)(F)F. The minimum atomic E-state index is -4.10. The monoisotopic (exact) mass is 240 g/mol. The zero-order valence-electron chi connectivity index (χ0n) is 10.4. The van der Waals surface area contributed by atoms with E-state index in [-0.39, 0.29) is 0 Å².